The summed E-state index contributed by atoms with van der Waals surface area (Å²) in [4.78, 5) is 17.5. The average molecular weight is 489 g/mol. The van der Waals surface area contributed by atoms with Crippen LogP contribution in [-0.2, 0) is 4.79 Å². The van der Waals surface area contributed by atoms with Crippen molar-refractivity contribution in [2.75, 3.05) is 17.8 Å². The molecule has 0 radical (unpaired) electrons. The number of carbonyl (C=O) groups excluding carboxylic acids is 1. The first kappa shape index (κ1) is 22.6. The van der Waals surface area contributed by atoms with E-state index in [4.69, 9.17) is 4.74 Å². The number of benzene rings is 3. The monoisotopic (exact) mass is 488 g/mol. The Balaban J connectivity index is 1.42. The fraction of sp³-hybridized carbons (Fsp3) is 0.192. The van der Waals surface area contributed by atoms with Crippen molar-refractivity contribution in [2.45, 2.75) is 34.8 Å². The maximum absolute atomic E-state index is 13.5. The van der Waals surface area contributed by atoms with Gasteiger partial charge in [-0.3, -0.25) is 14.3 Å². The predicted molar refractivity (Wildman–Crippen MR) is 137 cm³/mol. The Labute approximate surface area is 207 Å². The summed E-state index contributed by atoms with van der Waals surface area (Å²) >= 11 is 3.11. The number of hydrogen-bond acceptors (Lipinski definition) is 6. The lowest BCUT2D eigenvalue weighted by molar-refractivity contribution is -0.115. The molecule has 3 aromatic carbocycles. The SMILES string of the molecule is COc1ccc(-c2nnc(SCC(=O)N3c4ccccc4Sc4ccccc43)n2C(C)C)cc1. The lowest BCUT2D eigenvalue weighted by atomic mass is 10.2. The molecule has 0 saturated carbocycles. The molecule has 1 aliphatic heterocycles. The second-order valence-electron chi connectivity index (χ2n) is 8.05. The highest BCUT2D eigenvalue weighted by atomic mass is 32.2. The maximum atomic E-state index is 13.5. The summed E-state index contributed by atoms with van der Waals surface area (Å²) in [5.74, 6) is 1.83. The van der Waals surface area contributed by atoms with Gasteiger partial charge in [-0.2, -0.15) is 0 Å². The number of aromatic nitrogens is 3. The Hall–Kier alpha value is -3.23. The first-order valence-electron chi connectivity index (χ1n) is 11.0. The zero-order valence-corrected chi connectivity index (χ0v) is 20.8. The van der Waals surface area contributed by atoms with Gasteiger partial charge in [-0.1, -0.05) is 47.8 Å². The van der Waals surface area contributed by atoms with Crippen LogP contribution in [-0.4, -0.2) is 33.5 Å². The van der Waals surface area contributed by atoms with Crippen LogP contribution in [0.2, 0.25) is 0 Å². The van der Waals surface area contributed by atoms with Crippen LogP contribution in [0.15, 0.2) is 87.7 Å². The van der Waals surface area contributed by atoms with Gasteiger partial charge in [0.2, 0.25) is 5.91 Å². The van der Waals surface area contributed by atoms with Gasteiger partial charge in [-0.15, -0.1) is 10.2 Å². The fourth-order valence-corrected chi connectivity index (χ4v) is 5.92. The number of ether oxygens (including phenoxy) is 1. The largest absolute Gasteiger partial charge is 0.497 e. The molecular weight excluding hydrogens is 464 g/mol. The summed E-state index contributed by atoms with van der Waals surface area (Å²) in [5, 5.41) is 9.60. The summed E-state index contributed by atoms with van der Waals surface area (Å²) in [5.41, 5.74) is 2.79. The number of anilines is 2. The molecule has 0 fully saturated rings. The Morgan fingerprint density at radius 1 is 0.941 bits per heavy atom. The van der Waals surface area contributed by atoms with Gasteiger partial charge in [0.05, 0.1) is 24.2 Å². The van der Waals surface area contributed by atoms with Crippen molar-refractivity contribution in [3.05, 3.63) is 72.8 Å². The van der Waals surface area contributed by atoms with Gasteiger partial charge in [-0.25, -0.2) is 0 Å². The van der Waals surface area contributed by atoms with Gasteiger partial charge in [0.25, 0.3) is 0 Å². The lowest BCUT2D eigenvalue weighted by Gasteiger charge is -2.31. The number of para-hydroxylation sites is 2. The van der Waals surface area contributed by atoms with Crippen LogP contribution in [0.3, 0.4) is 0 Å². The van der Waals surface area contributed by atoms with E-state index in [-0.39, 0.29) is 17.7 Å². The van der Waals surface area contributed by atoms with Crippen LogP contribution in [0.5, 0.6) is 5.75 Å². The Bertz CT molecular complexity index is 1290. The van der Waals surface area contributed by atoms with E-state index in [0.29, 0.717) is 0 Å². The number of fused-ring (bicyclic) bond motifs is 2. The molecule has 1 amide bonds. The third kappa shape index (κ3) is 4.19. The third-order valence-electron chi connectivity index (χ3n) is 5.54. The minimum absolute atomic E-state index is 0.00880. The number of amides is 1. The van der Waals surface area contributed by atoms with E-state index in [9.17, 15) is 4.79 Å². The van der Waals surface area contributed by atoms with E-state index >= 15 is 0 Å². The normalized spacial score (nSPS) is 12.4. The van der Waals surface area contributed by atoms with Crippen molar-refractivity contribution >= 4 is 40.8 Å². The second-order valence-corrected chi connectivity index (χ2v) is 10.1. The minimum atomic E-state index is 0.00880. The van der Waals surface area contributed by atoms with Gasteiger partial charge in [0, 0.05) is 21.4 Å². The molecule has 0 atom stereocenters. The number of nitrogens with zero attached hydrogens (tertiary/aromatic N) is 4. The summed E-state index contributed by atoms with van der Waals surface area (Å²) in [6.07, 6.45) is 0. The number of hydrogen-bond donors (Lipinski definition) is 0. The standard InChI is InChI=1S/C26H24N4O2S2/c1-17(2)29-25(18-12-14-19(32-3)15-13-18)27-28-26(29)33-16-24(31)30-20-8-4-6-10-22(20)34-23-11-7-5-9-21(23)30/h4-15,17H,16H2,1-3H3. The van der Waals surface area contributed by atoms with Gasteiger partial charge in [0.1, 0.15) is 5.75 Å². The number of thioether (sulfide) groups is 1. The molecule has 0 N–H and O–H groups in total. The molecule has 8 heteroatoms. The maximum Gasteiger partial charge on any atom is 0.242 e. The quantitative estimate of drug-likeness (QED) is 0.291. The Morgan fingerprint density at radius 3 is 2.15 bits per heavy atom. The van der Waals surface area contributed by atoms with Gasteiger partial charge in [0.15, 0.2) is 11.0 Å². The molecule has 6 nitrogen and oxygen atoms in total. The van der Waals surface area contributed by atoms with E-state index in [1.54, 1.807) is 18.9 Å². The molecule has 34 heavy (non-hydrogen) atoms. The van der Waals surface area contributed by atoms with E-state index in [1.807, 2.05) is 65.6 Å². The lowest BCUT2D eigenvalue weighted by Crippen LogP contribution is -2.30. The average Bonchev–Trinajstić information content (AvgIpc) is 3.30. The topological polar surface area (TPSA) is 60.3 Å². The van der Waals surface area contributed by atoms with E-state index in [1.165, 1.54) is 11.8 Å². The minimum Gasteiger partial charge on any atom is -0.497 e. The van der Waals surface area contributed by atoms with Crippen molar-refractivity contribution in [1.29, 1.82) is 0 Å². The molecule has 0 bridgehead atoms. The highest BCUT2D eigenvalue weighted by Gasteiger charge is 2.28. The highest BCUT2D eigenvalue weighted by molar-refractivity contribution is 8.00. The van der Waals surface area contributed by atoms with Crippen molar-refractivity contribution in [3.63, 3.8) is 0 Å². The van der Waals surface area contributed by atoms with Crippen LogP contribution in [0.25, 0.3) is 11.4 Å². The zero-order valence-electron chi connectivity index (χ0n) is 19.1. The van der Waals surface area contributed by atoms with Crippen molar-refractivity contribution in [1.82, 2.24) is 14.8 Å². The first-order chi connectivity index (χ1) is 16.6. The zero-order chi connectivity index (χ0) is 23.7. The van der Waals surface area contributed by atoms with Gasteiger partial charge < -0.3 is 4.74 Å². The first-order valence-corrected chi connectivity index (χ1v) is 12.8. The smallest absolute Gasteiger partial charge is 0.242 e. The molecule has 172 valence electrons. The van der Waals surface area contributed by atoms with E-state index < -0.39 is 0 Å². The molecular formula is C26H24N4O2S2. The van der Waals surface area contributed by atoms with Crippen molar-refractivity contribution in [2.24, 2.45) is 0 Å². The second kappa shape index (κ2) is 9.56. The van der Waals surface area contributed by atoms with E-state index in [2.05, 4.69) is 40.7 Å². The molecule has 1 aliphatic rings. The Kier molecular flexibility index (Phi) is 6.34. The van der Waals surface area contributed by atoms with E-state index in [0.717, 1.165) is 43.5 Å². The predicted octanol–water partition coefficient (Wildman–Crippen LogP) is 6.46. The molecule has 0 spiro atoms. The van der Waals surface area contributed by atoms with Crippen molar-refractivity contribution < 1.29 is 9.53 Å². The van der Waals surface area contributed by atoms with Crippen LogP contribution < -0.4 is 9.64 Å². The molecule has 4 aromatic rings. The summed E-state index contributed by atoms with van der Waals surface area (Å²) in [6, 6.07) is 24.0. The number of rotatable bonds is 6. The molecule has 0 saturated heterocycles. The highest BCUT2D eigenvalue weighted by Crippen LogP contribution is 2.48. The number of methoxy groups -OCH3 is 1. The number of carbonyl (C=O) groups is 1. The summed E-state index contributed by atoms with van der Waals surface area (Å²) in [7, 11) is 1.65. The molecule has 0 unspecified atom stereocenters. The van der Waals surface area contributed by atoms with Crippen LogP contribution in [0, 0.1) is 0 Å². The summed E-state index contributed by atoms with van der Waals surface area (Å²) in [6.45, 7) is 4.19. The van der Waals surface area contributed by atoms with Crippen LogP contribution >= 0.6 is 23.5 Å². The molecule has 0 aliphatic carbocycles. The van der Waals surface area contributed by atoms with Crippen molar-refractivity contribution in [3.8, 4) is 17.1 Å². The fourth-order valence-electron chi connectivity index (χ4n) is 3.94. The third-order valence-corrected chi connectivity index (χ3v) is 7.59. The summed E-state index contributed by atoms with van der Waals surface area (Å²) < 4.78 is 7.35. The van der Waals surface area contributed by atoms with Gasteiger partial charge in [-0.05, 0) is 62.4 Å². The van der Waals surface area contributed by atoms with Crippen LogP contribution in [0.1, 0.15) is 19.9 Å². The molecule has 1 aromatic heterocycles. The molecule has 5 rings (SSSR count). The Morgan fingerprint density at radius 2 is 1.56 bits per heavy atom. The molecule has 2 heterocycles. The van der Waals surface area contributed by atoms with Gasteiger partial charge >= 0.3 is 0 Å². The van der Waals surface area contributed by atoms with Crippen LogP contribution in [0.4, 0.5) is 11.4 Å².